The van der Waals surface area contributed by atoms with E-state index in [-0.39, 0.29) is 11.8 Å². The van der Waals surface area contributed by atoms with E-state index in [0.717, 1.165) is 13.0 Å². The number of carboxylic acids is 1. The summed E-state index contributed by atoms with van der Waals surface area (Å²) in [4.78, 5) is 24.5. The van der Waals surface area contributed by atoms with Gasteiger partial charge in [-0.2, -0.15) is 0 Å². The SMILES string of the molecule is CC(C)CCOCCNCC(=O)N1CCC(C(=O)O)CC1. The van der Waals surface area contributed by atoms with Gasteiger partial charge in [-0.1, -0.05) is 13.8 Å². The van der Waals surface area contributed by atoms with Crippen LogP contribution in [0.2, 0.25) is 0 Å². The quantitative estimate of drug-likeness (QED) is 0.620. The molecule has 1 amide bonds. The van der Waals surface area contributed by atoms with E-state index in [4.69, 9.17) is 9.84 Å². The van der Waals surface area contributed by atoms with Gasteiger partial charge in [0, 0.05) is 26.2 Å². The van der Waals surface area contributed by atoms with E-state index < -0.39 is 5.97 Å². The third-order valence-electron chi connectivity index (χ3n) is 3.74. The Bertz CT molecular complexity index is 326. The van der Waals surface area contributed by atoms with Crippen molar-refractivity contribution in [1.82, 2.24) is 10.2 Å². The van der Waals surface area contributed by atoms with Gasteiger partial charge in [0.25, 0.3) is 0 Å². The number of likely N-dealkylation sites (tertiary alicyclic amines) is 1. The largest absolute Gasteiger partial charge is 0.481 e. The van der Waals surface area contributed by atoms with Crippen molar-refractivity contribution in [2.45, 2.75) is 33.1 Å². The topological polar surface area (TPSA) is 78.9 Å². The molecular weight excluding hydrogens is 272 g/mol. The summed E-state index contributed by atoms with van der Waals surface area (Å²) in [6, 6.07) is 0. The van der Waals surface area contributed by atoms with E-state index in [2.05, 4.69) is 19.2 Å². The normalized spacial score (nSPS) is 16.4. The van der Waals surface area contributed by atoms with Crippen molar-refractivity contribution in [2.75, 3.05) is 39.4 Å². The first kappa shape index (κ1) is 17.9. The first-order chi connectivity index (χ1) is 10.0. The molecule has 0 radical (unpaired) electrons. The fourth-order valence-electron chi connectivity index (χ4n) is 2.25. The Balaban J connectivity index is 2.03. The lowest BCUT2D eigenvalue weighted by Gasteiger charge is -2.30. The summed E-state index contributed by atoms with van der Waals surface area (Å²) >= 11 is 0. The predicted molar refractivity (Wildman–Crippen MR) is 80.1 cm³/mol. The van der Waals surface area contributed by atoms with Crippen LogP contribution < -0.4 is 5.32 Å². The lowest BCUT2D eigenvalue weighted by atomic mass is 9.97. The van der Waals surface area contributed by atoms with Crippen molar-refractivity contribution < 1.29 is 19.4 Å². The van der Waals surface area contributed by atoms with Gasteiger partial charge in [-0.05, 0) is 25.2 Å². The highest BCUT2D eigenvalue weighted by molar-refractivity contribution is 5.78. The van der Waals surface area contributed by atoms with Crippen molar-refractivity contribution >= 4 is 11.9 Å². The van der Waals surface area contributed by atoms with Gasteiger partial charge in [0.15, 0.2) is 0 Å². The second kappa shape index (κ2) is 9.73. The zero-order valence-corrected chi connectivity index (χ0v) is 13.1. The second-order valence-corrected chi connectivity index (χ2v) is 5.96. The van der Waals surface area contributed by atoms with Crippen LogP contribution in [-0.2, 0) is 14.3 Å². The van der Waals surface area contributed by atoms with Crippen LogP contribution in [0.4, 0.5) is 0 Å². The Labute approximate surface area is 126 Å². The molecule has 0 saturated carbocycles. The maximum atomic E-state index is 11.9. The van der Waals surface area contributed by atoms with Gasteiger partial charge in [0.2, 0.25) is 5.91 Å². The molecule has 21 heavy (non-hydrogen) atoms. The number of amides is 1. The van der Waals surface area contributed by atoms with Crippen molar-refractivity contribution in [3.05, 3.63) is 0 Å². The summed E-state index contributed by atoms with van der Waals surface area (Å²) in [5.74, 6) is -0.357. The molecule has 1 heterocycles. The van der Waals surface area contributed by atoms with E-state index in [1.54, 1.807) is 4.90 Å². The minimum absolute atomic E-state index is 0.0426. The Kier molecular flexibility index (Phi) is 8.30. The molecule has 0 atom stereocenters. The van der Waals surface area contributed by atoms with Crippen molar-refractivity contribution in [3.63, 3.8) is 0 Å². The molecule has 1 saturated heterocycles. The van der Waals surface area contributed by atoms with E-state index in [9.17, 15) is 9.59 Å². The van der Waals surface area contributed by atoms with Gasteiger partial charge in [0.05, 0.1) is 19.1 Å². The van der Waals surface area contributed by atoms with Gasteiger partial charge in [-0.3, -0.25) is 9.59 Å². The Morgan fingerprint density at radius 1 is 1.29 bits per heavy atom. The number of carbonyl (C=O) groups excluding carboxylic acids is 1. The number of carbonyl (C=O) groups is 2. The van der Waals surface area contributed by atoms with Crippen molar-refractivity contribution in [3.8, 4) is 0 Å². The standard InChI is InChI=1S/C15H28N2O4/c1-12(2)5-9-21-10-6-16-11-14(18)17-7-3-13(4-8-17)15(19)20/h12-13,16H,3-11H2,1-2H3,(H,19,20). The molecule has 1 fully saturated rings. The lowest BCUT2D eigenvalue weighted by Crippen LogP contribution is -2.44. The maximum absolute atomic E-state index is 11.9. The fraction of sp³-hybridized carbons (Fsp3) is 0.867. The van der Waals surface area contributed by atoms with E-state index in [1.165, 1.54) is 0 Å². The van der Waals surface area contributed by atoms with Crippen LogP contribution >= 0.6 is 0 Å². The average molecular weight is 300 g/mol. The highest BCUT2D eigenvalue weighted by Crippen LogP contribution is 2.16. The second-order valence-electron chi connectivity index (χ2n) is 5.96. The summed E-state index contributed by atoms with van der Waals surface area (Å²) in [6.07, 6.45) is 2.16. The van der Waals surface area contributed by atoms with Crippen LogP contribution in [0.1, 0.15) is 33.1 Å². The molecule has 0 bridgehead atoms. The first-order valence-corrected chi connectivity index (χ1v) is 7.79. The Hall–Kier alpha value is -1.14. The summed E-state index contributed by atoms with van der Waals surface area (Å²) in [5.41, 5.74) is 0. The number of hydrogen-bond acceptors (Lipinski definition) is 4. The molecule has 1 aliphatic heterocycles. The minimum Gasteiger partial charge on any atom is -0.481 e. The number of nitrogens with one attached hydrogen (secondary N) is 1. The lowest BCUT2D eigenvalue weighted by molar-refractivity contribution is -0.145. The Morgan fingerprint density at radius 3 is 2.52 bits per heavy atom. The van der Waals surface area contributed by atoms with Crippen LogP contribution in [-0.4, -0.2) is 61.3 Å². The molecule has 0 spiro atoms. The molecule has 6 nitrogen and oxygen atoms in total. The van der Waals surface area contributed by atoms with Gasteiger partial charge in [-0.25, -0.2) is 0 Å². The van der Waals surface area contributed by atoms with Crippen molar-refractivity contribution in [2.24, 2.45) is 11.8 Å². The molecule has 0 aliphatic carbocycles. The predicted octanol–water partition coefficient (Wildman–Crippen LogP) is 0.962. The summed E-state index contributed by atoms with van der Waals surface area (Å²) in [6.45, 7) is 7.74. The van der Waals surface area contributed by atoms with E-state index >= 15 is 0 Å². The Morgan fingerprint density at radius 2 is 1.95 bits per heavy atom. The number of ether oxygens (including phenoxy) is 1. The van der Waals surface area contributed by atoms with Crippen LogP contribution in [0.25, 0.3) is 0 Å². The molecule has 0 aromatic heterocycles. The summed E-state index contributed by atoms with van der Waals surface area (Å²) in [5, 5.41) is 12.0. The molecule has 1 rings (SSSR count). The zero-order valence-electron chi connectivity index (χ0n) is 13.1. The molecule has 0 unspecified atom stereocenters. The van der Waals surface area contributed by atoms with Crippen LogP contribution in [0.3, 0.4) is 0 Å². The number of nitrogens with zero attached hydrogens (tertiary/aromatic N) is 1. The average Bonchev–Trinajstić information content (AvgIpc) is 2.45. The first-order valence-electron chi connectivity index (χ1n) is 7.79. The molecule has 2 N–H and O–H groups in total. The van der Waals surface area contributed by atoms with Crippen LogP contribution in [0.5, 0.6) is 0 Å². The molecule has 122 valence electrons. The van der Waals surface area contributed by atoms with Gasteiger partial charge >= 0.3 is 5.97 Å². The van der Waals surface area contributed by atoms with Gasteiger partial charge in [-0.15, -0.1) is 0 Å². The summed E-state index contributed by atoms with van der Waals surface area (Å²) in [7, 11) is 0. The highest BCUT2D eigenvalue weighted by Gasteiger charge is 2.26. The molecule has 0 aromatic rings. The van der Waals surface area contributed by atoms with E-state index in [1.807, 2.05) is 0 Å². The van der Waals surface area contributed by atoms with E-state index in [0.29, 0.717) is 51.5 Å². The third kappa shape index (κ3) is 7.43. The third-order valence-corrected chi connectivity index (χ3v) is 3.74. The van der Waals surface area contributed by atoms with Gasteiger partial charge in [0.1, 0.15) is 0 Å². The monoisotopic (exact) mass is 300 g/mol. The number of aliphatic carboxylic acids is 1. The number of rotatable bonds is 9. The molecule has 6 heteroatoms. The smallest absolute Gasteiger partial charge is 0.306 e. The molecule has 1 aliphatic rings. The molecule has 0 aromatic carbocycles. The van der Waals surface area contributed by atoms with Gasteiger partial charge < -0.3 is 20.1 Å². The number of hydrogen-bond donors (Lipinski definition) is 2. The zero-order chi connectivity index (χ0) is 15.7. The van der Waals surface area contributed by atoms with Crippen LogP contribution in [0.15, 0.2) is 0 Å². The minimum atomic E-state index is -0.751. The number of carboxylic acid groups (broad SMARTS) is 1. The van der Waals surface area contributed by atoms with Crippen LogP contribution in [0, 0.1) is 11.8 Å². The maximum Gasteiger partial charge on any atom is 0.306 e. The van der Waals surface area contributed by atoms with Crippen molar-refractivity contribution in [1.29, 1.82) is 0 Å². The molecular formula is C15H28N2O4. The highest BCUT2D eigenvalue weighted by atomic mass is 16.5. The fourth-order valence-corrected chi connectivity index (χ4v) is 2.25. The summed E-state index contributed by atoms with van der Waals surface area (Å²) < 4.78 is 5.46. The number of piperidine rings is 1.